The molecule has 1 heterocycles. The van der Waals surface area contributed by atoms with Gasteiger partial charge in [0.05, 0.1) is 10.5 Å². The van der Waals surface area contributed by atoms with Gasteiger partial charge in [-0.25, -0.2) is 4.79 Å². The molecule has 0 bridgehead atoms. The lowest BCUT2D eigenvalue weighted by Gasteiger charge is -2.32. The highest BCUT2D eigenvalue weighted by Crippen LogP contribution is 2.32. The van der Waals surface area contributed by atoms with Crippen LogP contribution in [0.25, 0.3) is 0 Å². The molecule has 0 aliphatic carbocycles. The van der Waals surface area contributed by atoms with Crippen LogP contribution in [0.2, 0.25) is 0 Å². The summed E-state index contributed by atoms with van der Waals surface area (Å²) in [6, 6.07) is 11.5. The highest BCUT2D eigenvalue weighted by molar-refractivity contribution is 14.1. The third kappa shape index (κ3) is 5.68. The summed E-state index contributed by atoms with van der Waals surface area (Å²) in [7, 11) is 0. The monoisotopic (exact) mass is 523 g/mol. The molecule has 1 N–H and O–H groups in total. The predicted octanol–water partition coefficient (Wildman–Crippen LogP) is 4.23. The van der Waals surface area contributed by atoms with Crippen molar-refractivity contribution in [1.82, 2.24) is 0 Å². The molecule has 2 aromatic rings. The number of esters is 1. The fourth-order valence-corrected chi connectivity index (χ4v) is 3.78. The van der Waals surface area contributed by atoms with E-state index in [4.69, 9.17) is 4.74 Å². The van der Waals surface area contributed by atoms with Gasteiger partial charge in [-0.2, -0.15) is 0 Å². The molecule has 2 aromatic carbocycles. The summed E-state index contributed by atoms with van der Waals surface area (Å²) in [6.07, 6.45) is 2.07. The van der Waals surface area contributed by atoms with Crippen LogP contribution in [0, 0.1) is 19.6 Å². The van der Waals surface area contributed by atoms with Gasteiger partial charge in [-0.05, 0) is 77.7 Å². The van der Waals surface area contributed by atoms with Gasteiger partial charge in [0, 0.05) is 28.4 Å². The number of benzene rings is 2. The molecule has 1 aliphatic heterocycles. The number of carbonyl (C=O) groups is 2. The van der Waals surface area contributed by atoms with E-state index in [0.29, 0.717) is 17.3 Å². The zero-order valence-corrected chi connectivity index (χ0v) is 18.6. The first-order valence-electron chi connectivity index (χ1n) is 9.59. The summed E-state index contributed by atoms with van der Waals surface area (Å²) in [5.41, 5.74) is 0.992. The minimum absolute atomic E-state index is 0.0394. The molecular weight excluding hydrogens is 501 g/mol. The van der Waals surface area contributed by atoms with Crippen molar-refractivity contribution in [2.45, 2.75) is 19.8 Å². The van der Waals surface area contributed by atoms with Crippen LogP contribution in [0.15, 0.2) is 42.5 Å². The molecule has 1 atom stereocenters. The Morgan fingerprint density at radius 3 is 2.67 bits per heavy atom. The first-order valence-corrected chi connectivity index (χ1v) is 10.7. The van der Waals surface area contributed by atoms with Crippen LogP contribution in [-0.4, -0.2) is 36.5 Å². The number of carbonyl (C=O) groups excluding carboxylic acids is 2. The number of hydrogen-bond donors (Lipinski definition) is 1. The maximum atomic E-state index is 12.3. The van der Waals surface area contributed by atoms with Crippen molar-refractivity contribution in [3.05, 3.63) is 61.7 Å². The summed E-state index contributed by atoms with van der Waals surface area (Å²) >= 11 is 2.15. The third-order valence-electron chi connectivity index (χ3n) is 4.87. The molecule has 158 valence electrons. The Balaban J connectivity index is 1.65. The highest BCUT2D eigenvalue weighted by Gasteiger charge is 2.25. The van der Waals surface area contributed by atoms with Crippen LogP contribution in [0.4, 0.5) is 17.1 Å². The Kier molecular flexibility index (Phi) is 7.24. The quantitative estimate of drug-likeness (QED) is 0.263. The molecule has 0 unspecified atom stereocenters. The summed E-state index contributed by atoms with van der Waals surface area (Å²) < 4.78 is 6.06. The van der Waals surface area contributed by atoms with Crippen LogP contribution < -0.4 is 10.2 Å². The maximum Gasteiger partial charge on any atom is 0.338 e. The Labute approximate surface area is 187 Å². The fourth-order valence-electron chi connectivity index (χ4n) is 3.42. The van der Waals surface area contributed by atoms with Gasteiger partial charge in [0.25, 0.3) is 11.6 Å². The number of hydrogen-bond acceptors (Lipinski definition) is 6. The molecule has 30 heavy (non-hydrogen) atoms. The average Bonchev–Trinajstić information content (AvgIpc) is 2.73. The first-order chi connectivity index (χ1) is 14.3. The van der Waals surface area contributed by atoms with Gasteiger partial charge >= 0.3 is 5.97 Å². The van der Waals surface area contributed by atoms with E-state index in [0.717, 1.165) is 29.5 Å². The lowest BCUT2D eigenvalue weighted by molar-refractivity contribution is -0.384. The molecule has 1 saturated heterocycles. The standard InChI is InChI=1S/C21H22IN3O5/c1-14-3-2-10-24(12-14)18-9-4-15(11-19(18)25(28)29)21(27)30-13-20(26)23-17-7-5-16(22)6-8-17/h4-9,11,14H,2-3,10,12-13H2,1H3,(H,23,26)/t14-/m1/s1. The van der Waals surface area contributed by atoms with Crippen LogP contribution in [0.5, 0.6) is 0 Å². The van der Waals surface area contributed by atoms with Crippen molar-refractivity contribution in [2.75, 3.05) is 29.9 Å². The van der Waals surface area contributed by atoms with Gasteiger partial charge in [0.2, 0.25) is 0 Å². The smallest absolute Gasteiger partial charge is 0.338 e. The molecule has 0 spiro atoms. The molecule has 1 aliphatic rings. The summed E-state index contributed by atoms with van der Waals surface area (Å²) in [5.74, 6) is -0.818. The zero-order valence-electron chi connectivity index (χ0n) is 16.5. The van der Waals surface area contributed by atoms with E-state index >= 15 is 0 Å². The number of nitro benzene ring substituents is 1. The molecule has 1 amide bonds. The topological polar surface area (TPSA) is 102 Å². The van der Waals surface area contributed by atoms with E-state index in [1.54, 1.807) is 18.2 Å². The van der Waals surface area contributed by atoms with E-state index in [9.17, 15) is 19.7 Å². The number of ether oxygens (including phenoxy) is 1. The molecule has 3 rings (SSSR count). The Morgan fingerprint density at radius 1 is 1.27 bits per heavy atom. The lowest BCUT2D eigenvalue weighted by atomic mass is 9.99. The first kappa shape index (κ1) is 22.0. The summed E-state index contributed by atoms with van der Waals surface area (Å²) in [4.78, 5) is 37.4. The largest absolute Gasteiger partial charge is 0.452 e. The third-order valence-corrected chi connectivity index (χ3v) is 5.59. The number of anilines is 2. The number of nitrogens with one attached hydrogen (secondary N) is 1. The van der Waals surface area contributed by atoms with Crippen molar-refractivity contribution >= 4 is 51.5 Å². The lowest BCUT2D eigenvalue weighted by Crippen LogP contribution is -2.34. The second-order valence-electron chi connectivity index (χ2n) is 7.29. The highest BCUT2D eigenvalue weighted by atomic mass is 127. The van der Waals surface area contributed by atoms with Gasteiger partial charge in [-0.1, -0.05) is 6.92 Å². The summed E-state index contributed by atoms with van der Waals surface area (Å²) in [5, 5.41) is 14.2. The Bertz CT molecular complexity index is 948. The van der Waals surface area contributed by atoms with Crippen molar-refractivity contribution in [3.8, 4) is 0 Å². The molecular formula is C21H22IN3O5. The number of nitrogens with zero attached hydrogens (tertiary/aromatic N) is 2. The summed E-state index contributed by atoms with van der Waals surface area (Å²) in [6.45, 7) is 3.12. The van der Waals surface area contributed by atoms with Crippen molar-refractivity contribution < 1.29 is 19.2 Å². The van der Waals surface area contributed by atoms with Crippen molar-refractivity contribution in [1.29, 1.82) is 0 Å². The van der Waals surface area contributed by atoms with Gasteiger partial charge in [-0.15, -0.1) is 0 Å². The zero-order chi connectivity index (χ0) is 21.7. The average molecular weight is 523 g/mol. The van der Waals surface area contributed by atoms with E-state index in [2.05, 4.69) is 34.8 Å². The van der Waals surface area contributed by atoms with Gasteiger partial charge in [0.15, 0.2) is 6.61 Å². The Hall–Kier alpha value is -2.69. The van der Waals surface area contributed by atoms with Crippen LogP contribution in [0.1, 0.15) is 30.1 Å². The second kappa shape index (κ2) is 9.88. The maximum absolute atomic E-state index is 12.3. The molecule has 1 fully saturated rings. The second-order valence-corrected chi connectivity index (χ2v) is 8.53. The fraction of sp³-hybridized carbons (Fsp3) is 0.333. The van der Waals surface area contributed by atoms with Crippen LogP contribution in [0.3, 0.4) is 0 Å². The van der Waals surface area contributed by atoms with E-state index in [1.807, 2.05) is 17.0 Å². The van der Waals surface area contributed by atoms with Crippen LogP contribution in [-0.2, 0) is 9.53 Å². The number of rotatable bonds is 6. The normalized spacial score (nSPS) is 16.1. The molecule has 8 nitrogen and oxygen atoms in total. The van der Waals surface area contributed by atoms with E-state index in [1.165, 1.54) is 12.1 Å². The minimum Gasteiger partial charge on any atom is -0.452 e. The molecule has 0 radical (unpaired) electrons. The van der Waals surface area contributed by atoms with Gasteiger partial charge < -0.3 is 15.0 Å². The molecule has 9 heteroatoms. The van der Waals surface area contributed by atoms with Crippen molar-refractivity contribution in [3.63, 3.8) is 0 Å². The van der Waals surface area contributed by atoms with E-state index in [-0.39, 0.29) is 11.3 Å². The van der Waals surface area contributed by atoms with Gasteiger partial charge in [0.1, 0.15) is 5.69 Å². The number of halogens is 1. The predicted molar refractivity (Wildman–Crippen MR) is 122 cm³/mol. The molecule has 0 aromatic heterocycles. The van der Waals surface area contributed by atoms with Crippen LogP contribution >= 0.6 is 22.6 Å². The van der Waals surface area contributed by atoms with E-state index < -0.39 is 23.4 Å². The van der Waals surface area contributed by atoms with Gasteiger partial charge in [-0.3, -0.25) is 14.9 Å². The number of piperidine rings is 1. The SMILES string of the molecule is C[C@@H]1CCCN(c2ccc(C(=O)OCC(=O)Nc3ccc(I)cc3)cc2[N+](=O)[O-])C1. The number of amides is 1. The molecule has 0 saturated carbocycles. The minimum atomic E-state index is -0.783. The number of nitro groups is 1. The van der Waals surface area contributed by atoms with Crippen molar-refractivity contribution in [2.24, 2.45) is 5.92 Å². The Morgan fingerprint density at radius 2 is 2.00 bits per heavy atom.